The minimum Gasteiger partial charge on any atom is -0.418 e. The van der Waals surface area contributed by atoms with Crippen molar-refractivity contribution in [3.8, 4) is 5.75 Å². The summed E-state index contributed by atoms with van der Waals surface area (Å²) in [5, 5.41) is 0. The Morgan fingerprint density at radius 2 is 1.36 bits per heavy atom. The molecule has 0 aliphatic heterocycles. The molecule has 1 unspecified atom stereocenters. The van der Waals surface area contributed by atoms with Gasteiger partial charge in [-0.3, -0.25) is 0 Å². The van der Waals surface area contributed by atoms with Gasteiger partial charge in [0, 0.05) is 6.66 Å². The largest absolute Gasteiger partial charge is 0.458 e. The zero-order valence-corrected chi connectivity index (χ0v) is 11.0. The first kappa shape index (κ1) is 18.6. The molecule has 1 rings (SSSR count). The van der Waals surface area contributed by atoms with E-state index in [2.05, 4.69) is 4.52 Å². The summed E-state index contributed by atoms with van der Waals surface area (Å²) in [6.07, 6.45) is -6.55. The second-order valence-corrected chi connectivity index (χ2v) is 5.72. The van der Waals surface area contributed by atoms with Gasteiger partial charge in [0.15, 0.2) is 17.5 Å². The molecule has 1 aromatic rings. The van der Waals surface area contributed by atoms with E-state index < -0.39 is 54.3 Å². The molecule has 0 bridgehead atoms. The summed E-state index contributed by atoms with van der Waals surface area (Å²) in [5.74, 6) is -20.4. The second kappa shape index (κ2) is 5.34. The summed E-state index contributed by atoms with van der Waals surface area (Å²) in [6.45, 7) is 0.273. The molecule has 1 atom stereocenters. The zero-order chi connectivity index (χ0) is 17.7. The molecule has 1 N–H and O–H groups in total. The average Bonchev–Trinajstić information content (AvgIpc) is 2.29. The normalized spacial score (nSPS) is 15.6. The summed E-state index contributed by atoms with van der Waals surface area (Å²) in [5.41, 5.74) is -3.19. The Hall–Kier alpha value is -1.42. The molecule has 1 aromatic carbocycles. The minimum atomic E-state index is -6.55. The van der Waals surface area contributed by atoms with E-state index in [4.69, 9.17) is 4.89 Å². The fourth-order valence-electron chi connectivity index (χ4n) is 1.28. The molecule has 0 fully saturated rings. The predicted octanol–water partition coefficient (Wildman–Crippen LogP) is 4.09. The van der Waals surface area contributed by atoms with Crippen LogP contribution in [0.2, 0.25) is 0 Å². The molecule has 0 heterocycles. The first-order valence-corrected chi connectivity index (χ1v) is 6.94. The number of hydrogen-bond acceptors (Lipinski definition) is 2. The molecule has 126 valence electrons. The molecular formula is C9H4F9O3P. The van der Waals surface area contributed by atoms with E-state index in [9.17, 15) is 44.1 Å². The number of rotatable bonds is 3. The van der Waals surface area contributed by atoms with Crippen molar-refractivity contribution in [1.82, 2.24) is 0 Å². The molecule has 0 radical (unpaired) electrons. The maximum absolute atomic E-state index is 13.5. The molecule has 0 amide bonds. The van der Waals surface area contributed by atoms with Crippen molar-refractivity contribution in [3.05, 3.63) is 28.8 Å². The van der Waals surface area contributed by atoms with E-state index in [1.807, 2.05) is 0 Å². The highest BCUT2D eigenvalue weighted by molar-refractivity contribution is 7.52. The molecule has 0 aliphatic carbocycles. The lowest BCUT2D eigenvalue weighted by atomic mass is 10.1. The zero-order valence-electron chi connectivity index (χ0n) is 10.1. The van der Waals surface area contributed by atoms with Crippen LogP contribution >= 0.6 is 7.60 Å². The van der Waals surface area contributed by atoms with Crippen LogP contribution in [-0.4, -0.2) is 17.7 Å². The molecule has 3 nitrogen and oxygen atoms in total. The van der Waals surface area contributed by atoms with Crippen molar-refractivity contribution in [2.75, 3.05) is 6.66 Å². The average molecular weight is 362 g/mol. The van der Waals surface area contributed by atoms with Crippen LogP contribution < -0.4 is 4.52 Å². The van der Waals surface area contributed by atoms with E-state index in [0.29, 0.717) is 0 Å². The lowest BCUT2D eigenvalue weighted by molar-refractivity contribution is -0.291. The number of benzene rings is 1. The first-order chi connectivity index (χ1) is 9.61. The van der Waals surface area contributed by atoms with Gasteiger partial charge in [0.05, 0.1) is 0 Å². The van der Waals surface area contributed by atoms with Crippen LogP contribution in [0.25, 0.3) is 0 Å². The molecule has 0 saturated carbocycles. The maximum Gasteiger partial charge on any atom is 0.458 e. The first-order valence-electron chi connectivity index (χ1n) is 4.92. The van der Waals surface area contributed by atoms with Crippen molar-refractivity contribution >= 4 is 7.60 Å². The molecular weight excluding hydrogens is 358 g/mol. The molecule has 0 aromatic heterocycles. The Bertz CT molecular complexity index is 649. The Labute approximate surface area is 115 Å². The highest BCUT2D eigenvalue weighted by atomic mass is 31.2. The van der Waals surface area contributed by atoms with Gasteiger partial charge in [-0.2, -0.15) is 26.3 Å². The van der Waals surface area contributed by atoms with Crippen molar-refractivity contribution in [3.63, 3.8) is 0 Å². The van der Waals surface area contributed by atoms with Gasteiger partial charge in [-0.25, -0.2) is 17.7 Å². The smallest absolute Gasteiger partial charge is 0.418 e. The fraction of sp³-hybridized carbons (Fsp3) is 0.333. The summed E-state index contributed by atoms with van der Waals surface area (Å²) in [6, 6.07) is 0. The summed E-state index contributed by atoms with van der Waals surface area (Å²) < 4.78 is 130. The van der Waals surface area contributed by atoms with E-state index in [1.54, 1.807) is 0 Å². The van der Waals surface area contributed by atoms with Crippen molar-refractivity contribution in [2.24, 2.45) is 0 Å². The van der Waals surface area contributed by atoms with Crippen molar-refractivity contribution in [2.45, 2.75) is 12.1 Å². The summed E-state index contributed by atoms with van der Waals surface area (Å²) in [7, 11) is -4.88. The molecule has 0 aliphatic rings. The highest BCUT2D eigenvalue weighted by Gasteiger charge is 2.62. The monoisotopic (exact) mass is 362 g/mol. The number of halogens is 9. The quantitative estimate of drug-likeness (QED) is 0.381. The third-order valence-corrected chi connectivity index (χ3v) is 2.68. The topological polar surface area (TPSA) is 46.5 Å². The molecule has 0 spiro atoms. The molecule has 22 heavy (non-hydrogen) atoms. The van der Waals surface area contributed by atoms with Crippen LogP contribution in [-0.2, 0) is 10.5 Å². The molecule has 0 saturated heterocycles. The van der Waals surface area contributed by atoms with Gasteiger partial charge in [-0.05, 0) is 0 Å². The van der Waals surface area contributed by atoms with Crippen LogP contribution in [0.15, 0.2) is 0 Å². The Balaban J connectivity index is 3.79. The molecule has 13 heteroatoms. The van der Waals surface area contributed by atoms with Gasteiger partial charge in [0.1, 0.15) is 5.56 Å². The van der Waals surface area contributed by atoms with Crippen LogP contribution in [0.4, 0.5) is 39.5 Å². The third-order valence-electron chi connectivity index (χ3n) is 2.15. The lowest BCUT2D eigenvalue weighted by Gasteiger charge is -2.22. The second-order valence-electron chi connectivity index (χ2n) is 3.93. The highest BCUT2D eigenvalue weighted by Crippen LogP contribution is 2.50. The summed E-state index contributed by atoms with van der Waals surface area (Å²) in [4.78, 5) is 8.71. The van der Waals surface area contributed by atoms with Gasteiger partial charge in [0.2, 0.25) is 11.6 Å². The Kier molecular flexibility index (Phi) is 4.52. The SMILES string of the molecule is CP(=O)(O)Oc1c(F)c(F)c(F)c(C(F)(F)C(F)(F)F)c1F. The van der Waals surface area contributed by atoms with Gasteiger partial charge in [0.25, 0.3) is 0 Å². The van der Waals surface area contributed by atoms with Gasteiger partial charge in [-0.1, -0.05) is 0 Å². The van der Waals surface area contributed by atoms with Crippen LogP contribution in [0, 0.1) is 23.3 Å². The maximum atomic E-state index is 13.5. The lowest BCUT2D eigenvalue weighted by Crippen LogP contribution is -2.36. The van der Waals surface area contributed by atoms with E-state index >= 15 is 0 Å². The predicted molar refractivity (Wildman–Crippen MR) is 52.6 cm³/mol. The van der Waals surface area contributed by atoms with Crippen LogP contribution in [0.1, 0.15) is 5.56 Å². The summed E-state index contributed by atoms with van der Waals surface area (Å²) >= 11 is 0. The van der Waals surface area contributed by atoms with Gasteiger partial charge in [-0.15, -0.1) is 0 Å². The third kappa shape index (κ3) is 3.17. The van der Waals surface area contributed by atoms with Crippen molar-refractivity contribution in [1.29, 1.82) is 0 Å². The Morgan fingerprint density at radius 1 is 0.909 bits per heavy atom. The minimum absolute atomic E-state index is 0.273. The number of hydrogen-bond donors (Lipinski definition) is 1. The van der Waals surface area contributed by atoms with E-state index in [0.717, 1.165) is 0 Å². The van der Waals surface area contributed by atoms with Gasteiger partial charge >= 0.3 is 19.7 Å². The van der Waals surface area contributed by atoms with E-state index in [-0.39, 0.29) is 6.66 Å². The van der Waals surface area contributed by atoms with E-state index in [1.165, 1.54) is 0 Å². The van der Waals surface area contributed by atoms with Crippen molar-refractivity contribution < 1.29 is 53.5 Å². The number of alkyl halides is 5. The van der Waals surface area contributed by atoms with Crippen LogP contribution in [0.5, 0.6) is 5.75 Å². The van der Waals surface area contributed by atoms with Gasteiger partial charge < -0.3 is 9.42 Å². The van der Waals surface area contributed by atoms with Crippen LogP contribution in [0.3, 0.4) is 0 Å². The standard InChI is InChI=1S/C9H4F9O3P/c1-22(19,20)21-7-4(11)2(3(10)5(12)6(7)13)8(14,15)9(16,17)18/h1H3,(H,19,20). The Morgan fingerprint density at radius 3 is 1.73 bits per heavy atom. The fourth-order valence-corrected chi connectivity index (χ4v) is 1.78.